The van der Waals surface area contributed by atoms with Crippen LogP contribution in [-0.4, -0.2) is 47.9 Å². The minimum Gasteiger partial charge on any atom is -0.490 e. The highest BCUT2D eigenvalue weighted by molar-refractivity contribution is 8.26. The van der Waals surface area contributed by atoms with Crippen molar-refractivity contribution in [2.75, 3.05) is 13.2 Å². The average molecular weight is 543 g/mol. The molecule has 1 fully saturated rings. The molecule has 0 aliphatic carbocycles. The van der Waals surface area contributed by atoms with Gasteiger partial charge in [-0.15, -0.1) is 4.83 Å². The summed E-state index contributed by atoms with van der Waals surface area (Å²) in [5.41, 5.74) is 0.579. The van der Waals surface area contributed by atoms with E-state index in [1.807, 2.05) is 0 Å². The van der Waals surface area contributed by atoms with Crippen LogP contribution in [0.1, 0.15) is 18.9 Å². The lowest BCUT2D eigenvalue weighted by atomic mass is 10.2. The first-order chi connectivity index (χ1) is 16.1. The predicted octanol–water partition coefficient (Wildman–Crippen LogP) is 3.69. The van der Waals surface area contributed by atoms with E-state index >= 15 is 0 Å². The number of nitrogens with one attached hydrogen (secondary N) is 1. The molecule has 13 heteroatoms. The Morgan fingerprint density at radius 1 is 1.21 bits per heavy atom. The molecule has 1 aliphatic rings. The molecule has 1 heterocycles. The van der Waals surface area contributed by atoms with Crippen molar-refractivity contribution in [2.24, 2.45) is 0 Å². The minimum absolute atomic E-state index is 0.0208. The van der Waals surface area contributed by atoms with Crippen molar-refractivity contribution in [1.82, 2.24) is 9.84 Å². The fourth-order valence-electron chi connectivity index (χ4n) is 2.73. The van der Waals surface area contributed by atoms with Gasteiger partial charge in [-0.05, 0) is 55.0 Å². The molecule has 180 valence electrons. The number of ether oxygens (including phenoxy) is 2. The molecule has 34 heavy (non-hydrogen) atoms. The topological polar surface area (TPSA) is 122 Å². The smallest absolute Gasteiger partial charge is 0.306 e. The van der Waals surface area contributed by atoms with Gasteiger partial charge in [0.05, 0.1) is 29.4 Å². The number of thioether (sulfide) groups is 1. The molecule has 3 rings (SSSR count). The molecule has 0 atom stereocenters. The van der Waals surface area contributed by atoms with Gasteiger partial charge in [-0.25, -0.2) is 13.4 Å². The van der Waals surface area contributed by atoms with E-state index in [2.05, 4.69) is 4.83 Å². The first-order valence-electron chi connectivity index (χ1n) is 9.78. The third-order valence-corrected chi connectivity index (χ3v) is 7.14. The van der Waals surface area contributed by atoms with E-state index < -0.39 is 21.9 Å². The lowest BCUT2D eigenvalue weighted by molar-refractivity contribution is -0.137. The molecule has 1 amide bonds. The summed E-state index contributed by atoms with van der Waals surface area (Å²) in [5.74, 6) is -0.875. The summed E-state index contributed by atoms with van der Waals surface area (Å²) in [6.45, 7) is 2.10. The van der Waals surface area contributed by atoms with Crippen LogP contribution in [0, 0.1) is 0 Å². The Morgan fingerprint density at radius 3 is 2.56 bits per heavy atom. The first-order valence-corrected chi connectivity index (χ1v) is 12.9. The van der Waals surface area contributed by atoms with Gasteiger partial charge in [0.25, 0.3) is 15.9 Å². The van der Waals surface area contributed by atoms with Gasteiger partial charge in [0.15, 0.2) is 15.8 Å². The molecule has 0 saturated carbocycles. The van der Waals surface area contributed by atoms with Crippen LogP contribution in [0.2, 0.25) is 5.02 Å². The average Bonchev–Trinajstić information content (AvgIpc) is 3.02. The van der Waals surface area contributed by atoms with Crippen LogP contribution in [0.5, 0.6) is 11.5 Å². The summed E-state index contributed by atoms with van der Waals surface area (Å²) < 4.78 is 36.3. The second kappa shape index (κ2) is 11.2. The Morgan fingerprint density at radius 2 is 1.91 bits per heavy atom. The van der Waals surface area contributed by atoms with Gasteiger partial charge in [0.1, 0.15) is 0 Å². The zero-order valence-corrected chi connectivity index (χ0v) is 20.9. The second-order valence-corrected chi connectivity index (χ2v) is 10.5. The standard InChI is InChI=1S/C21H19ClN2O7S3/c1-2-30-17-11-13(3-8-16(17)31-10-9-19(25)26)12-18-20(27)24(21(32)33-18)23-34(28,29)15-6-4-14(22)5-7-15/h3-8,11-12,23H,2,9-10H2,1H3,(H,25,26)/b18-12+. The van der Waals surface area contributed by atoms with Crippen molar-refractivity contribution < 1.29 is 32.6 Å². The van der Waals surface area contributed by atoms with Gasteiger partial charge in [-0.3, -0.25) is 9.59 Å². The number of carboxylic acid groups (broad SMARTS) is 1. The Bertz CT molecular complexity index is 1250. The molecular formula is C21H19ClN2O7S3. The van der Waals surface area contributed by atoms with E-state index in [9.17, 15) is 18.0 Å². The quantitative estimate of drug-likeness (QED) is 0.342. The molecule has 2 aromatic rings. The highest BCUT2D eigenvalue weighted by Crippen LogP contribution is 2.34. The zero-order valence-electron chi connectivity index (χ0n) is 17.7. The molecule has 0 radical (unpaired) electrons. The fraction of sp³-hybridized carbons (Fsp3) is 0.190. The van der Waals surface area contributed by atoms with Crippen LogP contribution in [0.15, 0.2) is 52.3 Å². The van der Waals surface area contributed by atoms with E-state index in [0.717, 1.165) is 16.8 Å². The first kappa shape index (κ1) is 26.0. The van der Waals surface area contributed by atoms with Gasteiger partial charge in [0.2, 0.25) is 0 Å². The third-order valence-electron chi connectivity index (χ3n) is 4.27. The van der Waals surface area contributed by atoms with E-state index in [4.69, 9.17) is 38.4 Å². The Labute approximate surface area is 210 Å². The van der Waals surface area contributed by atoms with Crippen LogP contribution in [0.4, 0.5) is 0 Å². The van der Waals surface area contributed by atoms with E-state index in [1.165, 1.54) is 24.3 Å². The van der Waals surface area contributed by atoms with Crippen molar-refractivity contribution in [3.05, 3.63) is 58.0 Å². The van der Waals surface area contributed by atoms with Crippen LogP contribution >= 0.6 is 35.6 Å². The molecule has 0 aromatic heterocycles. The van der Waals surface area contributed by atoms with Gasteiger partial charge in [0, 0.05) is 5.02 Å². The molecule has 0 spiro atoms. The van der Waals surface area contributed by atoms with Crippen molar-refractivity contribution in [1.29, 1.82) is 0 Å². The molecule has 1 saturated heterocycles. The van der Waals surface area contributed by atoms with E-state index in [0.29, 0.717) is 28.7 Å². The Hall–Kier alpha value is -2.64. The summed E-state index contributed by atoms with van der Waals surface area (Å²) in [6, 6.07) is 10.4. The van der Waals surface area contributed by atoms with E-state index in [1.54, 1.807) is 31.2 Å². The number of sulfonamides is 1. The number of nitrogens with zero attached hydrogens (tertiary/aromatic N) is 1. The maximum Gasteiger partial charge on any atom is 0.306 e. The molecule has 9 nitrogen and oxygen atoms in total. The normalized spacial score (nSPS) is 15.1. The Kier molecular flexibility index (Phi) is 8.55. The molecular weight excluding hydrogens is 524 g/mol. The SMILES string of the molecule is CCOc1cc(/C=C2/SC(=S)N(NS(=O)(=O)c3ccc(Cl)cc3)C2=O)ccc1OCCC(=O)O. The summed E-state index contributed by atoms with van der Waals surface area (Å²) >= 11 is 11.9. The summed E-state index contributed by atoms with van der Waals surface area (Å²) in [6.07, 6.45) is 1.38. The van der Waals surface area contributed by atoms with Gasteiger partial charge < -0.3 is 14.6 Å². The number of rotatable bonds is 10. The van der Waals surface area contributed by atoms with Gasteiger partial charge in [-0.1, -0.05) is 41.6 Å². The number of halogens is 1. The third kappa shape index (κ3) is 6.48. The molecule has 2 aromatic carbocycles. The number of hydrogen-bond acceptors (Lipinski definition) is 8. The molecule has 0 bridgehead atoms. The predicted molar refractivity (Wildman–Crippen MR) is 132 cm³/mol. The van der Waals surface area contributed by atoms with Crippen LogP contribution in [0.3, 0.4) is 0 Å². The Balaban J connectivity index is 1.79. The van der Waals surface area contributed by atoms with Crippen LogP contribution in [0.25, 0.3) is 6.08 Å². The minimum atomic E-state index is -4.07. The van der Waals surface area contributed by atoms with Crippen molar-refractivity contribution >= 4 is 67.9 Å². The van der Waals surface area contributed by atoms with Crippen molar-refractivity contribution in [2.45, 2.75) is 18.2 Å². The number of carbonyl (C=O) groups excluding carboxylic acids is 1. The number of aliphatic carboxylic acids is 1. The van der Waals surface area contributed by atoms with Gasteiger partial charge in [-0.2, -0.15) is 0 Å². The monoisotopic (exact) mass is 542 g/mol. The largest absolute Gasteiger partial charge is 0.490 e. The number of thiocarbonyl (C=S) groups is 1. The summed E-state index contributed by atoms with van der Waals surface area (Å²) in [7, 11) is -4.07. The van der Waals surface area contributed by atoms with Crippen LogP contribution in [-0.2, 0) is 19.6 Å². The zero-order chi connectivity index (χ0) is 24.9. The summed E-state index contributed by atoms with van der Waals surface area (Å²) in [4.78, 5) is 25.9. The highest BCUT2D eigenvalue weighted by atomic mass is 35.5. The number of hydrogen-bond donors (Lipinski definition) is 2. The van der Waals surface area contributed by atoms with Crippen molar-refractivity contribution in [3.8, 4) is 11.5 Å². The maximum atomic E-state index is 12.9. The van der Waals surface area contributed by atoms with E-state index in [-0.39, 0.29) is 27.1 Å². The van der Waals surface area contributed by atoms with Crippen molar-refractivity contribution in [3.63, 3.8) is 0 Å². The number of amides is 1. The number of hydrazine groups is 1. The fourth-order valence-corrected chi connectivity index (χ4v) is 5.17. The summed E-state index contributed by atoms with van der Waals surface area (Å²) in [5, 5.41) is 9.93. The molecule has 2 N–H and O–H groups in total. The van der Waals surface area contributed by atoms with Gasteiger partial charge >= 0.3 is 5.97 Å². The maximum absolute atomic E-state index is 12.9. The number of benzene rings is 2. The number of carboxylic acids is 1. The number of carbonyl (C=O) groups is 2. The molecule has 1 aliphatic heterocycles. The highest BCUT2D eigenvalue weighted by Gasteiger charge is 2.35. The van der Waals surface area contributed by atoms with Crippen LogP contribution < -0.4 is 14.3 Å². The second-order valence-electron chi connectivity index (χ2n) is 6.70. The molecule has 0 unspecified atom stereocenters. The lowest BCUT2D eigenvalue weighted by Crippen LogP contribution is -2.44. The lowest BCUT2D eigenvalue weighted by Gasteiger charge is -2.16.